The van der Waals surface area contributed by atoms with Crippen LogP contribution in [0.15, 0.2) is 255 Å². The molecule has 332 valence electrons. The summed E-state index contributed by atoms with van der Waals surface area (Å²) in [7, 11) is 0. The van der Waals surface area contributed by atoms with Gasteiger partial charge < -0.3 is 4.90 Å². The first-order chi connectivity index (χ1) is 34.4. The van der Waals surface area contributed by atoms with Gasteiger partial charge in [-0.05, 0) is 143 Å². The fourth-order valence-electron chi connectivity index (χ4n) is 12.2. The van der Waals surface area contributed by atoms with E-state index in [1.165, 1.54) is 105 Å². The molecule has 0 aliphatic heterocycles. The molecule has 1 heteroatoms. The van der Waals surface area contributed by atoms with Crippen molar-refractivity contribution in [3.05, 3.63) is 283 Å². The molecule has 0 fully saturated rings. The molecule has 0 N–H and O–H groups in total. The van der Waals surface area contributed by atoms with Crippen LogP contribution in [0.3, 0.4) is 0 Å². The van der Waals surface area contributed by atoms with Gasteiger partial charge in [-0.1, -0.05) is 232 Å². The number of benzene rings is 11. The molecule has 0 bridgehead atoms. The molecule has 2 aliphatic rings. The maximum atomic E-state index is 2.47. The second kappa shape index (κ2) is 16.3. The number of anilines is 3. The quantitative estimate of drug-likeness (QED) is 0.147. The van der Waals surface area contributed by atoms with E-state index in [-0.39, 0.29) is 10.8 Å². The van der Waals surface area contributed by atoms with Gasteiger partial charge >= 0.3 is 0 Å². The van der Waals surface area contributed by atoms with Crippen molar-refractivity contribution in [2.45, 2.75) is 31.6 Å². The Morgan fingerprint density at radius 3 is 1.61 bits per heavy atom. The third-order valence-electron chi connectivity index (χ3n) is 15.5. The van der Waals surface area contributed by atoms with Gasteiger partial charge in [0.2, 0.25) is 0 Å². The number of hydrogen-bond acceptors (Lipinski definition) is 1. The molecule has 0 radical (unpaired) electrons. The normalized spacial score (nSPS) is 15.0. The highest BCUT2D eigenvalue weighted by molar-refractivity contribution is 6.09. The molecule has 0 aromatic heterocycles. The van der Waals surface area contributed by atoms with Gasteiger partial charge in [-0.25, -0.2) is 0 Å². The molecule has 13 rings (SSSR count). The first-order valence-electron chi connectivity index (χ1n) is 24.6. The third kappa shape index (κ3) is 6.46. The minimum Gasteiger partial charge on any atom is -0.310 e. The summed E-state index contributed by atoms with van der Waals surface area (Å²) in [5, 5.41) is 2.46. The van der Waals surface area contributed by atoms with Crippen molar-refractivity contribution in [1.29, 1.82) is 0 Å². The van der Waals surface area contributed by atoms with Crippen molar-refractivity contribution in [1.82, 2.24) is 0 Å². The SMILES string of the molecule is CC1(C)c2ccccc2-c2cccc(-c3cccc(N(c4ccc(-c5ccc6c(c5)C(C)(c5ccccc5)c5ccccc5-6)cc4)c4ccccc4-c4cccc5cccc(-c6ccccc6)c45)c3)c21. The second-order valence-corrected chi connectivity index (χ2v) is 19.7. The first-order valence-corrected chi connectivity index (χ1v) is 24.6. The summed E-state index contributed by atoms with van der Waals surface area (Å²) >= 11 is 0. The van der Waals surface area contributed by atoms with Crippen LogP contribution in [0.25, 0.3) is 77.5 Å². The Morgan fingerprint density at radius 2 is 0.843 bits per heavy atom. The largest absolute Gasteiger partial charge is 0.310 e. The average Bonchev–Trinajstić information content (AvgIpc) is 3.83. The Hall–Kier alpha value is -8.52. The third-order valence-corrected chi connectivity index (χ3v) is 15.5. The summed E-state index contributed by atoms with van der Waals surface area (Å²) in [6.45, 7) is 7.15. The lowest BCUT2D eigenvalue weighted by atomic mass is 9.74. The maximum Gasteiger partial charge on any atom is 0.0540 e. The van der Waals surface area contributed by atoms with E-state index < -0.39 is 0 Å². The standard InChI is InChI=1S/C69H51N/c1-68(2)62-35-13-10-29-57(62)61-34-19-32-55(67(61)68)50-24-16-27-53(44-50)70(65-37-15-12-30-59(65)60-33-18-23-48-22-17-31-54(66(48)60)47-20-6-4-7-21-47)52-41-38-46(39-42-52)49-40-43-58-56-28-11-14-36-63(56)69(3,64(58)45-49)51-25-8-5-9-26-51/h4-45H,1-3H3. The number of rotatable bonds is 8. The van der Waals surface area contributed by atoms with Gasteiger partial charge in [-0.3, -0.25) is 0 Å². The molecule has 0 amide bonds. The first kappa shape index (κ1) is 41.7. The lowest BCUT2D eigenvalue weighted by Crippen LogP contribution is -2.22. The summed E-state index contributed by atoms with van der Waals surface area (Å²) in [4.78, 5) is 2.47. The van der Waals surface area contributed by atoms with Crippen molar-refractivity contribution in [2.75, 3.05) is 4.90 Å². The van der Waals surface area contributed by atoms with Crippen molar-refractivity contribution < 1.29 is 0 Å². The number of hydrogen-bond donors (Lipinski definition) is 0. The minimum atomic E-state index is -0.270. The van der Waals surface area contributed by atoms with Crippen LogP contribution in [0.5, 0.6) is 0 Å². The number of para-hydroxylation sites is 1. The Labute approximate surface area is 411 Å². The highest BCUT2D eigenvalue weighted by atomic mass is 15.1. The van der Waals surface area contributed by atoms with Gasteiger partial charge in [-0.2, -0.15) is 0 Å². The molecular formula is C69H51N. The lowest BCUT2D eigenvalue weighted by molar-refractivity contribution is 0.662. The van der Waals surface area contributed by atoms with Gasteiger partial charge in [0.15, 0.2) is 0 Å². The molecule has 0 spiro atoms. The Kier molecular flexibility index (Phi) is 9.71. The highest BCUT2D eigenvalue weighted by Crippen LogP contribution is 2.55. The molecule has 0 saturated heterocycles. The van der Waals surface area contributed by atoms with E-state index in [0.29, 0.717) is 0 Å². The zero-order valence-corrected chi connectivity index (χ0v) is 39.7. The highest BCUT2D eigenvalue weighted by Gasteiger charge is 2.41. The molecule has 70 heavy (non-hydrogen) atoms. The molecule has 1 atom stereocenters. The van der Waals surface area contributed by atoms with Gasteiger partial charge in [0.05, 0.1) is 5.69 Å². The summed E-state index contributed by atoms with van der Waals surface area (Å²) in [6, 6.07) is 94.5. The van der Waals surface area contributed by atoms with Crippen LogP contribution in [0.4, 0.5) is 17.1 Å². The zero-order valence-electron chi connectivity index (χ0n) is 39.7. The predicted molar refractivity (Wildman–Crippen MR) is 295 cm³/mol. The summed E-state index contributed by atoms with van der Waals surface area (Å²) in [5.74, 6) is 0. The maximum absolute atomic E-state index is 2.47. The van der Waals surface area contributed by atoms with E-state index in [4.69, 9.17) is 0 Å². The van der Waals surface area contributed by atoms with Crippen LogP contribution in [-0.4, -0.2) is 0 Å². The smallest absolute Gasteiger partial charge is 0.0540 e. The zero-order chi connectivity index (χ0) is 47.0. The molecule has 1 unspecified atom stereocenters. The van der Waals surface area contributed by atoms with Crippen LogP contribution in [-0.2, 0) is 10.8 Å². The van der Waals surface area contributed by atoms with Crippen LogP contribution in [0.2, 0.25) is 0 Å². The Morgan fingerprint density at radius 1 is 0.300 bits per heavy atom. The van der Waals surface area contributed by atoms with Gasteiger partial charge in [0.1, 0.15) is 0 Å². The molecule has 11 aromatic carbocycles. The molecular weight excluding hydrogens is 843 g/mol. The molecule has 0 heterocycles. The van der Waals surface area contributed by atoms with E-state index >= 15 is 0 Å². The average molecular weight is 894 g/mol. The van der Waals surface area contributed by atoms with Crippen molar-refractivity contribution in [2.24, 2.45) is 0 Å². The Bertz CT molecular complexity index is 3800. The summed E-state index contributed by atoms with van der Waals surface area (Å²) in [6.07, 6.45) is 0. The fraction of sp³-hybridized carbons (Fsp3) is 0.0725. The molecule has 11 aromatic rings. The molecule has 0 saturated carbocycles. The monoisotopic (exact) mass is 893 g/mol. The van der Waals surface area contributed by atoms with E-state index in [9.17, 15) is 0 Å². The van der Waals surface area contributed by atoms with Gasteiger partial charge in [-0.15, -0.1) is 0 Å². The fourth-order valence-corrected chi connectivity index (χ4v) is 12.2. The van der Waals surface area contributed by atoms with Crippen LogP contribution >= 0.6 is 0 Å². The number of fused-ring (bicyclic) bond motifs is 7. The molecule has 2 aliphatic carbocycles. The van der Waals surface area contributed by atoms with Crippen molar-refractivity contribution in [3.63, 3.8) is 0 Å². The van der Waals surface area contributed by atoms with Gasteiger partial charge in [0.25, 0.3) is 0 Å². The van der Waals surface area contributed by atoms with Crippen LogP contribution in [0, 0.1) is 0 Å². The Balaban J connectivity index is 0.980. The van der Waals surface area contributed by atoms with Crippen LogP contribution < -0.4 is 4.90 Å². The molecule has 1 nitrogen and oxygen atoms in total. The van der Waals surface area contributed by atoms with Crippen molar-refractivity contribution >= 4 is 27.8 Å². The van der Waals surface area contributed by atoms with E-state index in [1.54, 1.807) is 0 Å². The van der Waals surface area contributed by atoms with E-state index in [0.717, 1.165) is 17.1 Å². The second-order valence-electron chi connectivity index (χ2n) is 19.7. The van der Waals surface area contributed by atoms with E-state index in [1.807, 2.05) is 0 Å². The predicted octanol–water partition coefficient (Wildman–Crippen LogP) is 18.6. The lowest BCUT2D eigenvalue weighted by Gasteiger charge is -2.30. The topological polar surface area (TPSA) is 3.24 Å². The minimum absolute atomic E-state index is 0.148. The summed E-state index contributed by atoms with van der Waals surface area (Å²) < 4.78 is 0. The van der Waals surface area contributed by atoms with Crippen molar-refractivity contribution in [3.8, 4) is 66.8 Å². The van der Waals surface area contributed by atoms with Crippen LogP contribution in [0.1, 0.15) is 48.6 Å². The number of nitrogens with zero attached hydrogens (tertiary/aromatic N) is 1. The van der Waals surface area contributed by atoms with E-state index in [2.05, 4.69) is 280 Å². The summed E-state index contributed by atoms with van der Waals surface area (Å²) in [5.41, 5.74) is 24.6. The van der Waals surface area contributed by atoms with Gasteiger partial charge in [0, 0.05) is 27.8 Å².